The highest BCUT2D eigenvalue weighted by atomic mass is 16.2. The number of benzene rings is 1. The van der Waals surface area contributed by atoms with Crippen LogP contribution in [0, 0.1) is 0 Å². The number of rotatable bonds is 1. The van der Waals surface area contributed by atoms with Crippen molar-refractivity contribution < 1.29 is 4.79 Å². The van der Waals surface area contributed by atoms with E-state index < -0.39 is 0 Å². The van der Waals surface area contributed by atoms with Gasteiger partial charge in [-0.3, -0.25) is 4.90 Å². The Hall–Kier alpha value is -1.55. The molecule has 2 rings (SSSR count). The minimum absolute atomic E-state index is 0.0331. The molecule has 0 spiro atoms. The Kier molecular flexibility index (Phi) is 3.64. The number of hydrogen-bond acceptors (Lipinski definition) is 2. The second-order valence-electron chi connectivity index (χ2n) is 4.25. The molecule has 4 nitrogen and oxygen atoms in total. The number of anilines is 1. The summed E-state index contributed by atoms with van der Waals surface area (Å²) in [6.45, 7) is 0.773. The molecule has 1 aromatic carbocycles. The Bertz CT molecular complexity index is 405. The molecule has 0 radical (unpaired) electrons. The van der Waals surface area contributed by atoms with E-state index in [9.17, 15) is 4.79 Å². The van der Waals surface area contributed by atoms with Crippen LogP contribution in [0.5, 0.6) is 0 Å². The van der Waals surface area contributed by atoms with Crippen molar-refractivity contribution in [2.75, 3.05) is 25.5 Å². The third kappa shape index (κ3) is 2.26. The molecular formula is C13H19N3O. The molecule has 4 heteroatoms. The molecule has 0 aliphatic carbocycles. The molecule has 0 fully saturated rings. The maximum absolute atomic E-state index is 11.9. The summed E-state index contributed by atoms with van der Waals surface area (Å²) in [7, 11) is 3.64. The molecule has 1 aliphatic rings. The lowest BCUT2D eigenvalue weighted by atomic mass is 10.0. The lowest BCUT2D eigenvalue weighted by Crippen LogP contribution is -2.38. The van der Waals surface area contributed by atoms with Crippen molar-refractivity contribution in [3.63, 3.8) is 0 Å². The van der Waals surface area contributed by atoms with E-state index in [2.05, 4.69) is 16.7 Å². The number of nitrogens with zero attached hydrogens (tertiary/aromatic N) is 1. The minimum atomic E-state index is -0.0331. The molecular weight excluding hydrogens is 214 g/mol. The molecule has 1 atom stereocenters. The van der Waals surface area contributed by atoms with Crippen molar-refractivity contribution in [3.05, 3.63) is 29.8 Å². The molecule has 0 saturated heterocycles. The molecule has 1 aromatic rings. The Labute approximate surface area is 102 Å². The van der Waals surface area contributed by atoms with Crippen LogP contribution >= 0.6 is 0 Å². The molecule has 1 unspecified atom stereocenters. The zero-order valence-corrected chi connectivity index (χ0v) is 10.4. The van der Waals surface area contributed by atoms with Gasteiger partial charge < -0.3 is 10.6 Å². The summed E-state index contributed by atoms with van der Waals surface area (Å²) in [6.07, 6.45) is 2.06. The van der Waals surface area contributed by atoms with Crippen molar-refractivity contribution in [1.29, 1.82) is 0 Å². The summed E-state index contributed by atoms with van der Waals surface area (Å²) in [4.78, 5) is 13.7. The van der Waals surface area contributed by atoms with Crippen LogP contribution in [-0.2, 0) is 0 Å². The van der Waals surface area contributed by atoms with Gasteiger partial charge in [-0.15, -0.1) is 0 Å². The van der Waals surface area contributed by atoms with Crippen LogP contribution in [0.3, 0.4) is 0 Å². The summed E-state index contributed by atoms with van der Waals surface area (Å²) in [6, 6.07) is 8.41. The molecule has 0 saturated carbocycles. The number of carbonyl (C=O) groups is 1. The molecule has 2 amide bonds. The van der Waals surface area contributed by atoms with E-state index in [1.807, 2.05) is 30.1 Å². The number of para-hydroxylation sites is 1. The number of urea groups is 1. The predicted molar refractivity (Wildman–Crippen MR) is 69.3 cm³/mol. The summed E-state index contributed by atoms with van der Waals surface area (Å²) in [5, 5.41) is 6.02. The van der Waals surface area contributed by atoms with Gasteiger partial charge >= 0.3 is 6.03 Å². The summed E-state index contributed by atoms with van der Waals surface area (Å²) < 4.78 is 0. The van der Waals surface area contributed by atoms with Crippen LogP contribution in [0.2, 0.25) is 0 Å². The number of nitrogens with one attached hydrogen (secondary N) is 2. The molecule has 1 aliphatic heterocycles. The Morgan fingerprint density at radius 3 is 2.82 bits per heavy atom. The van der Waals surface area contributed by atoms with Gasteiger partial charge in [0.05, 0.1) is 5.69 Å². The monoisotopic (exact) mass is 233 g/mol. The van der Waals surface area contributed by atoms with E-state index in [1.165, 1.54) is 5.56 Å². The van der Waals surface area contributed by atoms with Gasteiger partial charge in [0, 0.05) is 19.6 Å². The Balaban J connectivity index is 2.42. The summed E-state index contributed by atoms with van der Waals surface area (Å²) in [5.41, 5.74) is 2.22. The largest absolute Gasteiger partial charge is 0.341 e. The highest BCUT2D eigenvalue weighted by molar-refractivity contribution is 5.92. The van der Waals surface area contributed by atoms with Crippen LogP contribution < -0.4 is 15.5 Å². The van der Waals surface area contributed by atoms with E-state index in [4.69, 9.17) is 0 Å². The zero-order valence-electron chi connectivity index (χ0n) is 10.4. The average Bonchev–Trinajstić information content (AvgIpc) is 2.57. The van der Waals surface area contributed by atoms with Crippen LogP contribution in [0.4, 0.5) is 10.5 Å². The third-order valence-electron chi connectivity index (χ3n) is 3.28. The number of fused-ring (bicyclic) bond motifs is 1. The molecule has 0 bridgehead atoms. The second kappa shape index (κ2) is 5.19. The van der Waals surface area contributed by atoms with E-state index in [-0.39, 0.29) is 6.03 Å². The van der Waals surface area contributed by atoms with Gasteiger partial charge in [-0.05, 0) is 31.5 Å². The molecule has 1 heterocycles. The van der Waals surface area contributed by atoms with Crippen LogP contribution in [0.25, 0.3) is 0 Å². The van der Waals surface area contributed by atoms with E-state index >= 15 is 0 Å². The lowest BCUT2D eigenvalue weighted by molar-refractivity contribution is 0.248. The van der Waals surface area contributed by atoms with Crippen molar-refractivity contribution >= 4 is 11.7 Å². The average molecular weight is 233 g/mol. The third-order valence-corrected chi connectivity index (χ3v) is 3.28. The quantitative estimate of drug-likeness (QED) is 0.778. The van der Waals surface area contributed by atoms with Crippen molar-refractivity contribution in [2.45, 2.75) is 18.9 Å². The molecule has 17 heavy (non-hydrogen) atoms. The fraction of sp³-hybridized carbons (Fsp3) is 0.462. The van der Waals surface area contributed by atoms with Gasteiger partial charge in [-0.25, -0.2) is 4.79 Å². The SMILES string of the molecule is CNC(=O)N1CCCC(NC)c2ccccc21. The van der Waals surface area contributed by atoms with E-state index in [1.54, 1.807) is 7.05 Å². The molecule has 0 aromatic heterocycles. The fourth-order valence-electron chi connectivity index (χ4n) is 2.40. The van der Waals surface area contributed by atoms with Gasteiger partial charge in [0.15, 0.2) is 0 Å². The van der Waals surface area contributed by atoms with Crippen LogP contribution in [0.1, 0.15) is 24.4 Å². The summed E-state index contributed by atoms with van der Waals surface area (Å²) >= 11 is 0. The maximum Gasteiger partial charge on any atom is 0.321 e. The maximum atomic E-state index is 11.9. The standard InChI is InChI=1S/C13H19N3O/c1-14-11-7-5-9-16(13(17)15-2)12-8-4-3-6-10(11)12/h3-4,6,8,11,14H,5,7,9H2,1-2H3,(H,15,17). The van der Waals surface area contributed by atoms with Gasteiger partial charge in [0.1, 0.15) is 0 Å². The fourth-order valence-corrected chi connectivity index (χ4v) is 2.40. The Morgan fingerprint density at radius 1 is 1.35 bits per heavy atom. The van der Waals surface area contributed by atoms with Crippen molar-refractivity contribution in [2.24, 2.45) is 0 Å². The highest BCUT2D eigenvalue weighted by Gasteiger charge is 2.24. The normalized spacial score (nSPS) is 19.4. The second-order valence-corrected chi connectivity index (χ2v) is 4.25. The molecule has 2 N–H and O–H groups in total. The minimum Gasteiger partial charge on any atom is -0.341 e. The van der Waals surface area contributed by atoms with Crippen LogP contribution in [0.15, 0.2) is 24.3 Å². The van der Waals surface area contributed by atoms with Crippen molar-refractivity contribution in [1.82, 2.24) is 10.6 Å². The topological polar surface area (TPSA) is 44.4 Å². The predicted octanol–water partition coefficient (Wildman–Crippen LogP) is 1.89. The number of hydrogen-bond donors (Lipinski definition) is 2. The first-order chi connectivity index (χ1) is 8.27. The van der Waals surface area contributed by atoms with Gasteiger partial charge in [0.25, 0.3) is 0 Å². The van der Waals surface area contributed by atoms with E-state index in [0.717, 1.165) is 25.1 Å². The summed E-state index contributed by atoms with van der Waals surface area (Å²) in [5.74, 6) is 0. The van der Waals surface area contributed by atoms with Crippen LogP contribution in [-0.4, -0.2) is 26.7 Å². The first-order valence-corrected chi connectivity index (χ1v) is 6.03. The number of carbonyl (C=O) groups excluding carboxylic acids is 1. The first kappa shape index (κ1) is 11.9. The first-order valence-electron chi connectivity index (χ1n) is 6.03. The van der Waals surface area contributed by atoms with Gasteiger partial charge in [-0.2, -0.15) is 0 Å². The highest BCUT2D eigenvalue weighted by Crippen LogP contribution is 2.32. The smallest absolute Gasteiger partial charge is 0.321 e. The zero-order chi connectivity index (χ0) is 12.3. The van der Waals surface area contributed by atoms with Crippen molar-refractivity contribution in [3.8, 4) is 0 Å². The number of amides is 2. The Morgan fingerprint density at radius 2 is 2.12 bits per heavy atom. The van der Waals surface area contributed by atoms with Gasteiger partial charge in [-0.1, -0.05) is 18.2 Å². The molecule has 92 valence electrons. The van der Waals surface area contributed by atoms with E-state index in [0.29, 0.717) is 6.04 Å². The lowest BCUT2D eigenvalue weighted by Gasteiger charge is -2.23. The van der Waals surface area contributed by atoms with Gasteiger partial charge in [0.2, 0.25) is 0 Å².